The molecule has 1 fully saturated rings. The van der Waals surface area contributed by atoms with Gasteiger partial charge in [-0.1, -0.05) is 92.1 Å². The third-order valence-electron chi connectivity index (χ3n) is 10.2. The molecule has 3 unspecified atom stereocenters. The van der Waals surface area contributed by atoms with Crippen molar-refractivity contribution in [2.75, 3.05) is 25.6 Å². The molecule has 5 atom stereocenters. The van der Waals surface area contributed by atoms with Crippen LogP contribution in [0.25, 0.3) is 11.2 Å². The molecule has 6 rings (SSSR count). The van der Waals surface area contributed by atoms with E-state index in [1.165, 1.54) is 17.2 Å². The number of nitrogens with one attached hydrogen (secondary N) is 1. The maximum Gasteiger partial charge on any atom is 0.413 e. The molecule has 14 heteroatoms. The van der Waals surface area contributed by atoms with E-state index < -0.39 is 59.7 Å². The molecule has 0 spiro atoms. The minimum Gasteiger partial charge on any atom is -0.497 e. The highest BCUT2D eigenvalue weighted by molar-refractivity contribution is 5.93. The average molecular weight is 808 g/mol. The predicted molar refractivity (Wildman–Crippen MR) is 218 cm³/mol. The number of hydrogen-bond donors (Lipinski definition) is 2. The summed E-state index contributed by atoms with van der Waals surface area (Å²) < 4.78 is 47.2. The second-order valence-corrected chi connectivity index (χ2v) is 15.3. The number of aliphatic hydroxyl groups is 1. The number of imidazole rings is 1. The number of benzene rings is 3. The first-order valence-corrected chi connectivity index (χ1v) is 19.5. The van der Waals surface area contributed by atoms with Gasteiger partial charge in [-0.05, 0) is 56.0 Å². The molecule has 59 heavy (non-hydrogen) atoms. The maximum absolute atomic E-state index is 16.1. The number of esters is 1. The largest absolute Gasteiger partial charge is 0.497 e. The van der Waals surface area contributed by atoms with Crippen LogP contribution in [0.4, 0.5) is 15.0 Å². The van der Waals surface area contributed by atoms with Crippen LogP contribution in [0.2, 0.25) is 0 Å². The van der Waals surface area contributed by atoms with E-state index in [4.69, 9.17) is 30.1 Å². The molecular formula is C45H50FN5O8. The number of anilines is 1. The van der Waals surface area contributed by atoms with E-state index in [-0.39, 0.29) is 36.6 Å². The number of aromatic nitrogens is 4. The molecule has 310 valence electrons. The fraction of sp³-hybridized carbons (Fsp3) is 0.400. The fourth-order valence-corrected chi connectivity index (χ4v) is 7.37. The quantitative estimate of drug-likeness (QED) is 0.0585. The minimum atomic E-state index is -2.31. The second kappa shape index (κ2) is 18.4. The average Bonchev–Trinajstić information content (AvgIpc) is 3.87. The highest BCUT2D eigenvalue weighted by Crippen LogP contribution is 2.42. The second-order valence-electron chi connectivity index (χ2n) is 15.3. The van der Waals surface area contributed by atoms with Gasteiger partial charge in [0.25, 0.3) is 0 Å². The first-order chi connectivity index (χ1) is 28.3. The Morgan fingerprint density at radius 2 is 1.64 bits per heavy atom. The molecule has 0 bridgehead atoms. The van der Waals surface area contributed by atoms with Crippen molar-refractivity contribution >= 4 is 29.0 Å². The lowest BCUT2D eigenvalue weighted by molar-refractivity contribution is -0.163. The topological polar surface area (TPSA) is 156 Å². The molecule has 13 nitrogen and oxygen atoms in total. The van der Waals surface area contributed by atoms with Gasteiger partial charge in [0.2, 0.25) is 6.17 Å². The number of fused-ring (bicyclic) bond motifs is 1. The highest BCUT2D eigenvalue weighted by atomic mass is 19.1. The number of nitrogens with zero attached hydrogens (tertiary/aromatic N) is 4. The molecule has 0 saturated carbocycles. The van der Waals surface area contributed by atoms with Gasteiger partial charge < -0.3 is 33.4 Å². The van der Waals surface area contributed by atoms with E-state index in [0.29, 0.717) is 18.6 Å². The van der Waals surface area contributed by atoms with Crippen LogP contribution in [0.5, 0.6) is 5.75 Å². The Hall–Kier alpha value is -5.88. The van der Waals surface area contributed by atoms with Crippen molar-refractivity contribution in [2.45, 2.75) is 94.6 Å². The van der Waals surface area contributed by atoms with Crippen LogP contribution in [-0.2, 0) is 29.3 Å². The van der Waals surface area contributed by atoms with Crippen molar-refractivity contribution in [1.82, 2.24) is 19.5 Å². The molecule has 0 radical (unpaired) electrons. The predicted octanol–water partition coefficient (Wildman–Crippen LogP) is 7.33. The van der Waals surface area contributed by atoms with Gasteiger partial charge in [-0.25, -0.2) is 28.9 Å². The summed E-state index contributed by atoms with van der Waals surface area (Å²) in [6, 6.07) is 26.2. The summed E-state index contributed by atoms with van der Waals surface area (Å²) in [5.74, 6) is 1.90. The number of alkyl halides is 1. The van der Waals surface area contributed by atoms with Crippen molar-refractivity contribution in [3.63, 3.8) is 0 Å². The van der Waals surface area contributed by atoms with Gasteiger partial charge in [-0.15, -0.1) is 6.42 Å². The molecule has 1 aliphatic rings. The van der Waals surface area contributed by atoms with Gasteiger partial charge in [0.1, 0.15) is 41.1 Å². The molecule has 1 amide bonds. The van der Waals surface area contributed by atoms with E-state index in [1.807, 2.05) is 91.9 Å². The Bertz CT molecular complexity index is 2190. The number of ether oxygens (including phenoxy) is 5. The summed E-state index contributed by atoms with van der Waals surface area (Å²) in [6.45, 7) is 7.28. The number of carbonyl (C=O) groups is 2. The Balaban J connectivity index is 1.20. The van der Waals surface area contributed by atoms with Crippen LogP contribution in [0.3, 0.4) is 0 Å². The minimum absolute atomic E-state index is 0.0160. The maximum atomic E-state index is 16.1. The summed E-state index contributed by atoms with van der Waals surface area (Å²) in [6.07, 6.45) is 4.17. The lowest BCUT2D eigenvalue weighted by Gasteiger charge is -2.37. The van der Waals surface area contributed by atoms with Crippen molar-refractivity contribution in [1.29, 1.82) is 0 Å². The number of methoxy groups -OCH3 is 1. The van der Waals surface area contributed by atoms with Gasteiger partial charge in [-0.2, -0.15) is 0 Å². The number of halogens is 1. The van der Waals surface area contributed by atoms with Crippen molar-refractivity contribution in [2.24, 2.45) is 0 Å². The summed E-state index contributed by atoms with van der Waals surface area (Å²) in [7, 11) is 1.60. The third kappa shape index (κ3) is 9.54. The van der Waals surface area contributed by atoms with Gasteiger partial charge in [-0.3, -0.25) is 5.32 Å². The lowest BCUT2D eigenvalue weighted by atomic mass is 9.80. The monoisotopic (exact) mass is 807 g/mol. The molecule has 3 aromatic carbocycles. The Labute approximate surface area is 343 Å². The van der Waals surface area contributed by atoms with Gasteiger partial charge >= 0.3 is 12.1 Å². The van der Waals surface area contributed by atoms with Crippen LogP contribution in [0.1, 0.15) is 76.1 Å². The first-order valence-electron chi connectivity index (χ1n) is 19.5. The zero-order chi connectivity index (χ0) is 42.2. The Kier molecular flexibility index (Phi) is 13.3. The van der Waals surface area contributed by atoms with Gasteiger partial charge in [0.15, 0.2) is 17.0 Å². The molecule has 1 saturated heterocycles. The first kappa shape index (κ1) is 42.7. The normalized spacial score (nSPS) is 17.7. The molecule has 2 aromatic heterocycles. The standard InChI is InChI=1S/C45H50FN5O8/c1-7-15-37(51-29-49-38-39(47-28-48-40(38)51)50-42(53)59-43(3,4)5)44(54,8-2)26-34(46)41(52)58-35-24-25-56-36(35)27-57-45(30-16-11-9-12-17-30,31-18-13-10-14-19-31)32-20-22-33(55-6)23-21-32/h2,9-14,16-23,28-29,34-37,54H,7,15,24-27H2,1,3-6H3,(H,47,48,50,53)/t34-,35?,36?,37+,44?/m0/s1. The fourth-order valence-electron chi connectivity index (χ4n) is 7.37. The number of amides is 1. The van der Waals surface area contributed by atoms with Crippen LogP contribution in [0.15, 0.2) is 97.6 Å². The molecule has 0 aliphatic carbocycles. The lowest BCUT2D eigenvalue weighted by Crippen LogP contribution is -2.43. The number of rotatable bonds is 16. The highest BCUT2D eigenvalue weighted by Gasteiger charge is 2.44. The number of terminal acetylenes is 1. The summed E-state index contributed by atoms with van der Waals surface area (Å²) >= 11 is 0. The molecular weight excluding hydrogens is 758 g/mol. The SMILES string of the molecule is C#CC(O)(C[C@H](F)C(=O)OC1CCOC1COC(c1ccccc1)(c1ccccc1)c1ccc(OC)cc1)[C@@H](CCC)n1cnc2c(NC(=O)OC(C)(C)C)ncnc21. The smallest absolute Gasteiger partial charge is 0.413 e. The third-order valence-corrected chi connectivity index (χ3v) is 10.2. The van der Waals surface area contributed by atoms with E-state index in [1.54, 1.807) is 27.9 Å². The number of carbonyl (C=O) groups excluding carboxylic acids is 2. The number of hydrogen-bond acceptors (Lipinski definition) is 11. The zero-order valence-electron chi connectivity index (χ0n) is 33.8. The van der Waals surface area contributed by atoms with Crippen LogP contribution in [0, 0.1) is 12.3 Å². The Morgan fingerprint density at radius 3 is 2.24 bits per heavy atom. The van der Waals surface area contributed by atoms with Crippen molar-refractivity contribution in [3.05, 3.63) is 114 Å². The molecule has 1 aliphatic heterocycles. The van der Waals surface area contributed by atoms with Crippen molar-refractivity contribution < 1.29 is 42.8 Å². The summed E-state index contributed by atoms with van der Waals surface area (Å²) in [5.41, 5.74) is -1.10. The van der Waals surface area contributed by atoms with Gasteiger partial charge in [0.05, 0.1) is 32.7 Å². The van der Waals surface area contributed by atoms with E-state index in [0.717, 1.165) is 16.7 Å². The van der Waals surface area contributed by atoms with Crippen LogP contribution >= 0.6 is 0 Å². The van der Waals surface area contributed by atoms with Gasteiger partial charge in [0, 0.05) is 12.8 Å². The van der Waals surface area contributed by atoms with Crippen LogP contribution < -0.4 is 10.1 Å². The summed E-state index contributed by atoms with van der Waals surface area (Å²) in [4.78, 5) is 38.9. The zero-order valence-corrected chi connectivity index (χ0v) is 33.8. The Morgan fingerprint density at radius 1 is 1.00 bits per heavy atom. The molecule has 5 aromatic rings. The van der Waals surface area contributed by atoms with E-state index in [9.17, 15) is 14.7 Å². The summed E-state index contributed by atoms with van der Waals surface area (Å²) in [5, 5.41) is 14.5. The van der Waals surface area contributed by atoms with Crippen molar-refractivity contribution in [3.8, 4) is 18.1 Å². The molecule has 2 N–H and O–H groups in total. The molecule has 3 heterocycles. The van der Waals surface area contributed by atoms with E-state index >= 15 is 4.39 Å². The van der Waals surface area contributed by atoms with E-state index in [2.05, 4.69) is 26.2 Å². The van der Waals surface area contributed by atoms with Crippen LogP contribution in [-0.4, -0.2) is 86.6 Å².